The van der Waals surface area contributed by atoms with Crippen molar-refractivity contribution in [1.29, 1.82) is 0 Å². The first-order valence-corrected chi connectivity index (χ1v) is 6.36. The van der Waals surface area contributed by atoms with Crippen molar-refractivity contribution >= 4 is 5.91 Å². The van der Waals surface area contributed by atoms with Crippen LogP contribution in [0.15, 0.2) is 24.3 Å². The van der Waals surface area contributed by atoms with Crippen LogP contribution in [0.25, 0.3) is 0 Å². The number of aromatic hydroxyl groups is 1. The van der Waals surface area contributed by atoms with E-state index in [-0.39, 0.29) is 31.3 Å². The number of carbonyl (C=O) groups excluding carboxylic acids is 1. The predicted molar refractivity (Wildman–Crippen MR) is 71.8 cm³/mol. The molecule has 0 bridgehead atoms. The molecule has 0 unspecified atom stereocenters. The summed E-state index contributed by atoms with van der Waals surface area (Å²) in [7, 11) is 0. The highest BCUT2D eigenvalue weighted by atomic mass is 16.3. The van der Waals surface area contributed by atoms with E-state index >= 15 is 0 Å². The second-order valence-corrected chi connectivity index (χ2v) is 4.63. The lowest BCUT2D eigenvalue weighted by Crippen LogP contribution is -2.53. The van der Waals surface area contributed by atoms with Gasteiger partial charge in [-0.25, -0.2) is 0 Å². The van der Waals surface area contributed by atoms with Gasteiger partial charge in [-0.2, -0.15) is 0 Å². The van der Waals surface area contributed by atoms with Crippen LogP contribution in [0.2, 0.25) is 0 Å². The number of hydrogen-bond acceptors (Lipinski definition) is 4. The molecule has 1 rings (SSSR count). The summed E-state index contributed by atoms with van der Waals surface area (Å²) in [5.74, 6) is -0.0884. The van der Waals surface area contributed by atoms with Crippen LogP contribution in [0, 0.1) is 0 Å². The zero-order chi connectivity index (χ0) is 14.3. The zero-order valence-corrected chi connectivity index (χ0v) is 11.1. The lowest BCUT2D eigenvalue weighted by molar-refractivity contribution is -0.124. The summed E-state index contributed by atoms with van der Waals surface area (Å²) in [6.45, 7) is 1.18. The number of carbonyl (C=O) groups is 1. The molecule has 0 spiro atoms. The first-order valence-electron chi connectivity index (χ1n) is 6.36. The molecular weight excluding hydrogens is 246 g/mol. The number of hydrogen-bond donors (Lipinski definition) is 4. The molecule has 0 saturated carbocycles. The number of phenolic OH excluding ortho intramolecular Hbond substituents is 1. The molecule has 0 radical (unpaired) electrons. The smallest absolute Gasteiger partial charge is 0.220 e. The number of nitrogens with one attached hydrogen (secondary N) is 1. The third-order valence-electron chi connectivity index (χ3n) is 3.30. The van der Waals surface area contributed by atoms with Gasteiger partial charge >= 0.3 is 0 Å². The van der Waals surface area contributed by atoms with Gasteiger partial charge in [-0.15, -0.1) is 0 Å². The van der Waals surface area contributed by atoms with Gasteiger partial charge in [0.25, 0.3) is 0 Å². The fourth-order valence-electron chi connectivity index (χ4n) is 1.77. The Labute approximate surface area is 112 Å². The Kier molecular flexibility index (Phi) is 5.79. The molecule has 0 aromatic heterocycles. The molecule has 0 aliphatic carbocycles. The first kappa shape index (κ1) is 15.5. The van der Waals surface area contributed by atoms with E-state index in [1.165, 1.54) is 0 Å². The van der Waals surface area contributed by atoms with Gasteiger partial charge in [0.1, 0.15) is 5.75 Å². The molecule has 4 N–H and O–H groups in total. The summed E-state index contributed by atoms with van der Waals surface area (Å²) in [5.41, 5.74) is -0.261. The van der Waals surface area contributed by atoms with Gasteiger partial charge in [0.15, 0.2) is 0 Å². The van der Waals surface area contributed by atoms with E-state index < -0.39 is 5.54 Å². The summed E-state index contributed by atoms with van der Waals surface area (Å²) < 4.78 is 0. The van der Waals surface area contributed by atoms with Crippen molar-refractivity contribution in [2.45, 2.75) is 31.7 Å². The second-order valence-electron chi connectivity index (χ2n) is 4.63. The van der Waals surface area contributed by atoms with Gasteiger partial charge in [-0.05, 0) is 24.5 Å². The molecule has 1 amide bonds. The number of para-hydroxylation sites is 1. The molecule has 0 heterocycles. The minimum Gasteiger partial charge on any atom is -0.508 e. The highest BCUT2D eigenvalue weighted by Gasteiger charge is 2.28. The second kappa shape index (κ2) is 7.11. The minimum atomic E-state index is -0.962. The largest absolute Gasteiger partial charge is 0.508 e. The van der Waals surface area contributed by atoms with E-state index in [0.29, 0.717) is 18.4 Å². The number of rotatable bonds is 7. The van der Waals surface area contributed by atoms with Crippen molar-refractivity contribution in [3.05, 3.63) is 29.8 Å². The Morgan fingerprint density at radius 3 is 2.42 bits per heavy atom. The molecule has 1 aromatic rings. The van der Waals surface area contributed by atoms with Gasteiger partial charge in [0.05, 0.1) is 18.8 Å². The van der Waals surface area contributed by atoms with E-state index in [0.717, 1.165) is 0 Å². The standard InChI is InChI=1S/C14H21NO4/c1-2-14(9-16,10-17)15-13(19)8-7-11-5-3-4-6-12(11)18/h3-6,16-18H,2,7-10H2,1H3,(H,15,19). The Morgan fingerprint density at radius 2 is 1.89 bits per heavy atom. The van der Waals surface area contributed by atoms with Crippen LogP contribution >= 0.6 is 0 Å². The maximum atomic E-state index is 11.8. The molecule has 5 heteroatoms. The van der Waals surface area contributed by atoms with Crippen LogP contribution in [-0.4, -0.2) is 40.0 Å². The van der Waals surface area contributed by atoms with E-state index in [1.54, 1.807) is 31.2 Å². The third-order valence-corrected chi connectivity index (χ3v) is 3.30. The van der Waals surface area contributed by atoms with Crippen molar-refractivity contribution in [3.8, 4) is 5.75 Å². The normalized spacial score (nSPS) is 11.3. The quantitative estimate of drug-likeness (QED) is 0.581. The van der Waals surface area contributed by atoms with Crippen LogP contribution in [0.5, 0.6) is 5.75 Å². The van der Waals surface area contributed by atoms with E-state index in [4.69, 9.17) is 0 Å². The Hall–Kier alpha value is -1.59. The fraction of sp³-hybridized carbons (Fsp3) is 0.500. The molecule has 0 fully saturated rings. The Morgan fingerprint density at radius 1 is 1.26 bits per heavy atom. The Bertz CT molecular complexity index is 407. The van der Waals surface area contributed by atoms with Crippen molar-refractivity contribution in [1.82, 2.24) is 5.32 Å². The minimum absolute atomic E-state index is 0.168. The van der Waals surface area contributed by atoms with Crippen LogP contribution in [-0.2, 0) is 11.2 Å². The maximum Gasteiger partial charge on any atom is 0.220 e. The molecule has 5 nitrogen and oxygen atoms in total. The van der Waals surface area contributed by atoms with Crippen LogP contribution in [0.4, 0.5) is 0 Å². The molecular formula is C14H21NO4. The monoisotopic (exact) mass is 267 g/mol. The van der Waals surface area contributed by atoms with E-state index in [1.807, 2.05) is 0 Å². The lowest BCUT2D eigenvalue weighted by Gasteiger charge is -2.29. The molecule has 0 atom stereocenters. The van der Waals surface area contributed by atoms with Gasteiger partial charge in [0, 0.05) is 6.42 Å². The van der Waals surface area contributed by atoms with Crippen LogP contribution in [0.3, 0.4) is 0 Å². The number of phenols is 1. The topological polar surface area (TPSA) is 89.8 Å². The van der Waals surface area contributed by atoms with Gasteiger partial charge in [-0.3, -0.25) is 4.79 Å². The summed E-state index contributed by atoms with van der Waals surface area (Å²) in [4.78, 5) is 11.8. The lowest BCUT2D eigenvalue weighted by atomic mass is 9.98. The number of aryl methyl sites for hydroxylation is 1. The van der Waals surface area contributed by atoms with E-state index in [9.17, 15) is 20.1 Å². The molecule has 1 aromatic carbocycles. The van der Waals surface area contributed by atoms with Crippen LogP contribution in [0.1, 0.15) is 25.3 Å². The van der Waals surface area contributed by atoms with Gasteiger partial charge < -0.3 is 20.6 Å². The number of aliphatic hydroxyl groups excluding tert-OH is 2. The number of amides is 1. The number of aliphatic hydroxyl groups is 2. The Balaban J connectivity index is 2.54. The average molecular weight is 267 g/mol. The van der Waals surface area contributed by atoms with Crippen molar-refractivity contribution in [2.75, 3.05) is 13.2 Å². The molecule has 0 aliphatic rings. The maximum absolute atomic E-state index is 11.8. The van der Waals surface area contributed by atoms with E-state index in [2.05, 4.69) is 5.32 Å². The van der Waals surface area contributed by atoms with Crippen molar-refractivity contribution < 1.29 is 20.1 Å². The number of benzene rings is 1. The summed E-state index contributed by atoms with van der Waals surface area (Å²) in [6, 6.07) is 6.85. The fourth-order valence-corrected chi connectivity index (χ4v) is 1.77. The zero-order valence-electron chi connectivity index (χ0n) is 11.1. The third kappa shape index (κ3) is 4.22. The van der Waals surface area contributed by atoms with Crippen molar-refractivity contribution in [2.24, 2.45) is 0 Å². The summed E-state index contributed by atoms with van der Waals surface area (Å²) >= 11 is 0. The highest BCUT2D eigenvalue weighted by molar-refractivity contribution is 5.77. The van der Waals surface area contributed by atoms with Crippen molar-refractivity contribution in [3.63, 3.8) is 0 Å². The molecule has 106 valence electrons. The average Bonchev–Trinajstić information content (AvgIpc) is 2.44. The predicted octanol–water partition coefficient (Wildman–Crippen LogP) is 0.574. The summed E-state index contributed by atoms with van der Waals surface area (Å²) in [5, 5.41) is 30.7. The summed E-state index contributed by atoms with van der Waals surface area (Å²) in [6.07, 6.45) is 1.05. The first-order chi connectivity index (χ1) is 9.06. The van der Waals surface area contributed by atoms with Crippen LogP contribution < -0.4 is 5.32 Å². The highest BCUT2D eigenvalue weighted by Crippen LogP contribution is 2.17. The molecule has 19 heavy (non-hydrogen) atoms. The molecule has 0 aliphatic heterocycles. The van der Waals surface area contributed by atoms with Gasteiger partial charge in [0.2, 0.25) is 5.91 Å². The SMILES string of the molecule is CCC(CO)(CO)NC(=O)CCc1ccccc1O. The molecule has 0 saturated heterocycles. The van der Waals surface area contributed by atoms with Gasteiger partial charge in [-0.1, -0.05) is 25.1 Å².